The molecule has 2 aliphatic carbocycles. The van der Waals surface area contributed by atoms with Crippen LogP contribution < -0.4 is 0 Å². The molecule has 0 aliphatic heterocycles. The van der Waals surface area contributed by atoms with Crippen molar-refractivity contribution in [3.8, 4) is 0 Å². The van der Waals surface area contributed by atoms with Crippen molar-refractivity contribution in [2.24, 2.45) is 17.8 Å². The lowest BCUT2D eigenvalue weighted by molar-refractivity contribution is 0.235. The zero-order valence-electron chi connectivity index (χ0n) is 17.2. The predicted molar refractivity (Wildman–Crippen MR) is 110 cm³/mol. The molecule has 0 amide bonds. The van der Waals surface area contributed by atoms with E-state index in [1.54, 1.807) is 6.07 Å². The van der Waals surface area contributed by atoms with Crippen molar-refractivity contribution in [1.29, 1.82) is 0 Å². The van der Waals surface area contributed by atoms with Gasteiger partial charge in [0.25, 0.3) is 0 Å². The summed E-state index contributed by atoms with van der Waals surface area (Å²) in [6, 6.07) is 4.48. The number of benzene rings is 1. The first-order chi connectivity index (χ1) is 13.2. The van der Waals surface area contributed by atoms with Gasteiger partial charge in [0.15, 0.2) is 11.6 Å². The van der Waals surface area contributed by atoms with Gasteiger partial charge >= 0.3 is 0 Å². The molecule has 0 heterocycles. The summed E-state index contributed by atoms with van der Waals surface area (Å²) in [6.45, 7) is 2.30. The Morgan fingerprint density at radius 2 is 1.22 bits per heavy atom. The predicted octanol–water partition coefficient (Wildman–Crippen LogP) is 8.41. The molecule has 27 heavy (non-hydrogen) atoms. The van der Waals surface area contributed by atoms with Crippen LogP contribution in [0.15, 0.2) is 18.2 Å². The SMILES string of the molecule is CCCCC1CCC(CCCC2CCC(c3ccc(F)c(F)c3)CC2)CC1. The van der Waals surface area contributed by atoms with Crippen LogP contribution in [-0.4, -0.2) is 0 Å². The van der Waals surface area contributed by atoms with Crippen LogP contribution >= 0.6 is 0 Å². The van der Waals surface area contributed by atoms with Gasteiger partial charge < -0.3 is 0 Å². The fourth-order valence-electron chi connectivity index (χ4n) is 5.55. The van der Waals surface area contributed by atoms with Crippen LogP contribution in [0.25, 0.3) is 0 Å². The smallest absolute Gasteiger partial charge is 0.159 e. The highest BCUT2D eigenvalue weighted by Gasteiger charge is 2.24. The van der Waals surface area contributed by atoms with Crippen molar-refractivity contribution in [3.63, 3.8) is 0 Å². The third kappa shape index (κ3) is 6.29. The molecule has 2 heteroatoms. The van der Waals surface area contributed by atoms with Crippen molar-refractivity contribution in [2.45, 2.75) is 103 Å². The number of unbranched alkanes of at least 4 members (excludes halogenated alkanes) is 1. The van der Waals surface area contributed by atoms with Crippen LogP contribution in [0.2, 0.25) is 0 Å². The lowest BCUT2D eigenvalue weighted by Crippen LogP contribution is -2.16. The molecule has 2 fully saturated rings. The van der Waals surface area contributed by atoms with E-state index in [0.717, 1.165) is 36.2 Å². The summed E-state index contributed by atoms with van der Waals surface area (Å²) in [4.78, 5) is 0. The molecule has 2 saturated carbocycles. The number of hydrogen-bond donors (Lipinski definition) is 0. The molecule has 0 saturated heterocycles. The lowest BCUT2D eigenvalue weighted by Gasteiger charge is -2.31. The van der Waals surface area contributed by atoms with Crippen LogP contribution in [0, 0.1) is 29.4 Å². The van der Waals surface area contributed by atoms with E-state index in [2.05, 4.69) is 6.92 Å². The van der Waals surface area contributed by atoms with Crippen molar-refractivity contribution >= 4 is 0 Å². The average molecular weight is 377 g/mol. The van der Waals surface area contributed by atoms with Crippen molar-refractivity contribution in [3.05, 3.63) is 35.4 Å². The number of hydrogen-bond acceptors (Lipinski definition) is 0. The Hall–Kier alpha value is -0.920. The summed E-state index contributed by atoms with van der Waals surface area (Å²) in [5, 5.41) is 0. The standard InChI is InChI=1S/C25H38F2/c1-2-3-5-19-8-10-20(11-9-19)6-4-7-21-12-14-22(15-13-21)23-16-17-24(26)25(27)18-23/h16-22H,2-15H2,1H3. The van der Waals surface area contributed by atoms with Crippen LogP contribution in [-0.2, 0) is 0 Å². The van der Waals surface area contributed by atoms with Gasteiger partial charge in [-0.3, -0.25) is 0 Å². The van der Waals surface area contributed by atoms with E-state index in [0.29, 0.717) is 5.92 Å². The van der Waals surface area contributed by atoms with E-state index in [1.807, 2.05) is 0 Å². The van der Waals surface area contributed by atoms with Crippen molar-refractivity contribution in [2.75, 3.05) is 0 Å². The monoisotopic (exact) mass is 376 g/mol. The Kier molecular flexibility index (Phi) is 8.15. The van der Waals surface area contributed by atoms with Gasteiger partial charge in [0.05, 0.1) is 0 Å². The lowest BCUT2D eigenvalue weighted by atomic mass is 9.75. The molecule has 1 aromatic rings. The van der Waals surface area contributed by atoms with Gasteiger partial charge in [0.1, 0.15) is 0 Å². The van der Waals surface area contributed by atoms with E-state index in [9.17, 15) is 8.78 Å². The van der Waals surface area contributed by atoms with Crippen molar-refractivity contribution < 1.29 is 8.78 Å². The summed E-state index contributed by atoms with van der Waals surface area (Å²) in [6.07, 6.45) is 19.1. The fraction of sp³-hybridized carbons (Fsp3) is 0.760. The van der Waals surface area contributed by atoms with Gasteiger partial charge in [0.2, 0.25) is 0 Å². The Labute approximate surface area is 165 Å². The maximum Gasteiger partial charge on any atom is 0.159 e. The second kappa shape index (κ2) is 10.6. The van der Waals surface area contributed by atoms with E-state index >= 15 is 0 Å². The molecular weight excluding hydrogens is 338 g/mol. The molecule has 152 valence electrons. The summed E-state index contributed by atoms with van der Waals surface area (Å²) in [7, 11) is 0. The van der Waals surface area contributed by atoms with Gasteiger partial charge in [-0.05, 0) is 67.1 Å². The fourth-order valence-corrected chi connectivity index (χ4v) is 5.55. The molecule has 0 N–H and O–H groups in total. The first kappa shape index (κ1) is 20.8. The summed E-state index contributed by atoms with van der Waals surface area (Å²) in [5.74, 6) is 1.86. The minimum absolute atomic E-state index is 0.426. The topological polar surface area (TPSA) is 0 Å². The number of halogens is 2. The highest BCUT2D eigenvalue weighted by atomic mass is 19.2. The molecule has 0 nitrogen and oxygen atoms in total. The van der Waals surface area contributed by atoms with Gasteiger partial charge in [-0.25, -0.2) is 8.78 Å². The molecule has 3 rings (SSSR count). The second-order valence-electron chi connectivity index (χ2n) is 9.35. The van der Waals surface area contributed by atoms with E-state index in [-0.39, 0.29) is 0 Å². The minimum atomic E-state index is -0.730. The van der Waals surface area contributed by atoms with Crippen LogP contribution in [0.5, 0.6) is 0 Å². The molecule has 0 spiro atoms. The summed E-state index contributed by atoms with van der Waals surface area (Å²) in [5.41, 5.74) is 0.993. The first-order valence-corrected chi connectivity index (χ1v) is 11.6. The molecule has 0 bridgehead atoms. The Morgan fingerprint density at radius 1 is 0.704 bits per heavy atom. The zero-order chi connectivity index (χ0) is 19.1. The average Bonchev–Trinajstić information content (AvgIpc) is 2.70. The summed E-state index contributed by atoms with van der Waals surface area (Å²) < 4.78 is 26.6. The highest BCUT2D eigenvalue weighted by Crippen LogP contribution is 2.39. The molecule has 0 atom stereocenters. The maximum atomic E-state index is 13.5. The van der Waals surface area contributed by atoms with Gasteiger partial charge in [-0.1, -0.05) is 77.2 Å². The Balaban J connectivity index is 1.30. The van der Waals surface area contributed by atoms with Crippen LogP contribution in [0.3, 0.4) is 0 Å². The quantitative estimate of drug-likeness (QED) is 0.427. The molecule has 2 aliphatic rings. The van der Waals surface area contributed by atoms with E-state index in [1.165, 1.54) is 89.2 Å². The Morgan fingerprint density at radius 3 is 1.74 bits per heavy atom. The maximum absolute atomic E-state index is 13.5. The van der Waals surface area contributed by atoms with Gasteiger partial charge in [-0.2, -0.15) is 0 Å². The molecule has 0 radical (unpaired) electrons. The Bertz CT molecular complexity index is 551. The van der Waals surface area contributed by atoms with E-state index < -0.39 is 11.6 Å². The second-order valence-corrected chi connectivity index (χ2v) is 9.35. The van der Waals surface area contributed by atoms with E-state index in [4.69, 9.17) is 0 Å². The normalized spacial score (nSPS) is 29.0. The van der Waals surface area contributed by atoms with Crippen molar-refractivity contribution in [1.82, 2.24) is 0 Å². The molecule has 1 aromatic carbocycles. The highest BCUT2D eigenvalue weighted by molar-refractivity contribution is 5.22. The van der Waals surface area contributed by atoms with Crippen LogP contribution in [0.4, 0.5) is 8.78 Å². The van der Waals surface area contributed by atoms with Crippen LogP contribution in [0.1, 0.15) is 108 Å². The molecule has 0 unspecified atom stereocenters. The third-order valence-corrected chi connectivity index (χ3v) is 7.42. The minimum Gasteiger partial charge on any atom is -0.204 e. The molecule has 0 aromatic heterocycles. The van der Waals surface area contributed by atoms with Gasteiger partial charge in [0, 0.05) is 0 Å². The third-order valence-electron chi connectivity index (χ3n) is 7.42. The largest absolute Gasteiger partial charge is 0.204 e. The first-order valence-electron chi connectivity index (χ1n) is 11.6. The van der Waals surface area contributed by atoms with Gasteiger partial charge in [-0.15, -0.1) is 0 Å². The number of rotatable bonds is 8. The molecular formula is C25H38F2. The summed E-state index contributed by atoms with van der Waals surface area (Å²) >= 11 is 0. The zero-order valence-corrected chi connectivity index (χ0v) is 17.2.